The van der Waals surface area contributed by atoms with Crippen molar-refractivity contribution in [2.24, 2.45) is 0 Å². The molecule has 0 unspecified atom stereocenters. The number of hydrogen-bond acceptors (Lipinski definition) is 5. The van der Waals surface area contributed by atoms with Gasteiger partial charge in [-0.15, -0.1) is 0 Å². The lowest BCUT2D eigenvalue weighted by Crippen LogP contribution is -3.15. The van der Waals surface area contributed by atoms with E-state index in [1.807, 2.05) is 12.1 Å². The van der Waals surface area contributed by atoms with Crippen LogP contribution in [-0.4, -0.2) is 71.0 Å². The minimum absolute atomic E-state index is 0.0360. The molecule has 1 aromatic carbocycles. The highest BCUT2D eigenvalue weighted by Crippen LogP contribution is 2.24. The zero-order chi connectivity index (χ0) is 20.9. The smallest absolute Gasteiger partial charge is 0.325 e. The van der Waals surface area contributed by atoms with Crippen LogP contribution in [0, 0.1) is 0 Å². The second-order valence-corrected chi connectivity index (χ2v) is 9.90. The molecule has 8 nitrogen and oxygen atoms in total. The number of rotatable bonds is 6. The summed E-state index contributed by atoms with van der Waals surface area (Å²) < 4.78 is 31.7. The second kappa shape index (κ2) is 9.02. The molecular weight excluding hydrogens is 382 g/mol. The van der Waals surface area contributed by atoms with Gasteiger partial charge in [0.25, 0.3) is 5.91 Å². The fraction of sp³-hybridized carbons (Fsp3) is 0.579. The van der Waals surface area contributed by atoms with Crippen LogP contribution in [0.3, 0.4) is 0 Å². The van der Waals surface area contributed by atoms with Crippen LogP contribution < -0.4 is 10.2 Å². The first kappa shape index (κ1) is 22.3. The highest BCUT2D eigenvalue weighted by atomic mass is 32.2. The lowest BCUT2D eigenvalue weighted by molar-refractivity contribution is -0.895. The first-order chi connectivity index (χ1) is 13.0. The number of piperazine rings is 1. The number of hydrogen-bond donors (Lipinski definition) is 2. The number of carbonyl (C=O) groups excluding carboxylic acids is 2. The van der Waals surface area contributed by atoms with Gasteiger partial charge in [0, 0.05) is 0 Å². The number of esters is 1. The fourth-order valence-electron chi connectivity index (χ4n) is 3.03. The Morgan fingerprint density at radius 1 is 1.14 bits per heavy atom. The van der Waals surface area contributed by atoms with Crippen LogP contribution in [-0.2, 0) is 29.8 Å². The third kappa shape index (κ3) is 5.76. The van der Waals surface area contributed by atoms with Gasteiger partial charge in [0.1, 0.15) is 6.54 Å². The van der Waals surface area contributed by atoms with Crippen molar-refractivity contribution in [1.82, 2.24) is 9.62 Å². The van der Waals surface area contributed by atoms with Crippen molar-refractivity contribution in [3.8, 4) is 0 Å². The van der Waals surface area contributed by atoms with Gasteiger partial charge in [-0.25, -0.2) is 8.42 Å². The number of carbonyl (C=O) groups is 2. The number of ether oxygens (including phenoxy) is 1. The van der Waals surface area contributed by atoms with E-state index < -0.39 is 16.0 Å². The third-order valence-electron chi connectivity index (χ3n) is 4.86. The van der Waals surface area contributed by atoms with Crippen LogP contribution >= 0.6 is 0 Å². The molecule has 0 aliphatic carbocycles. The number of amides is 1. The minimum atomic E-state index is -3.54. The molecule has 0 aromatic heterocycles. The topological polar surface area (TPSA) is 97.2 Å². The van der Waals surface area contributed by atoms with E-state index in [-0.39, 0.29) is 24.4 Å². The molecule has 0 bridgehead atoms. The molecule has 28 heavy (non-hydrogen) atoms. The van der Waals surface area contributed by atoms with E-state index in [2.05, 4.69) is 30.8 Å². The Balaban J connectivity index is 1.91. The molecule has 1 aliphatic rings. The highest BCUT2D eigenvalue weighted by Gasteiger charge is 2.31. The van der Waals surface area contributed by atoms with Gasteiger partial charge in [-0.05, 0) is 23.1 Å². The van der Waals surface area contributed by atoms with E-state index in [9.17, 15) is 18.0 Å². The van der Waals surface area contributed by atoms with Crippen LogP contribution in [0.5, 0.6) is 0 Å². The summed E-state index contributed by atoms with van der Waals surface area (Å²) >= 11 is 0. The van der Waals surface area contributed by atoms with Crippen LogP contribution in [0.25, 0.3) is 0 Å². The Morgan fingerprint density at radius 3 is 2.21 bits per heavy atom. The maximum absolute atomic E-state index is 12.9. The van der Waals surface area contributed by atoms with Crippen molar-refractivity contribution in [2.75, 3.05) is 46.4 Å². The zero-order valence-electron chi connectivity index (χ0n) is 16.9. The molecule has 1 heterocycles. The molecule has 1 amide bonds. The summed E-state index contributed by atoms with van der Waals surface area (Å²) in [5.74, 6) is -0.758. The predicted octanol–water partition coefficient (Wildman–Crippen LogP) is -0.837. The molecule has 156 valence electrons. The van der Waals surface area contributed by atoms with Gasteiger partial charge in [0.2, 0.25) is 10.0 Å². The van der Waals surface area contributed by atoms with Crippen molar-refractivity contribution < 1.29 is 27.6 Å². The predicted molar refractivity (Wildman–Crippen MR) is 104 cm³/mol. The Kier molecular flexibility index (Phi) is 7.19. The van der Waals surface area contributed by atoms with Crippen molar-refractivity contribution in [1.29, 1.82) is 0 Å². The zero-order valence-corrected chi connectivity index (χ0v) is 17.8. The average molecular weight is 413 g/mol. The summed E-state index contributed by atoms with van der Waals surface area (Å²) in [5, 5.41) is 2.50. The summed E-state index contributed by atoms with van der Waals surface area (Å²) in [6.07, 6.45) is 0. The van der Waals surface area contributed by atoms with Crippen LogP contribution in [0.15, 0.2) is 29.2 Å². The van der Waals surface area contributed by atoms with E-state index in [0.717, 1.165) is 10.5 Å². The van der Waals surface area contributed by atoms with Gasteiger partial charge in [0.05, 0.1) is 38.2 Å². The first-order valence-corrected chi connectivity index (χ1v) is 10.8. The molecule has 0 spiro atoms. The van der Waals surface area contributed by atoms with Gasteiger partial charge in [-0.2, -0.15) is 4.31 Å². The fourth-order valence-corrected chi connectivity index (χ4v) is 4.47. The molecule has 2 rings (SSSR count). The number of nitrogens with one attached hydrogen (secondary N) is 2. The normalized spacial score (nSPS) is 16.6. The van der Waals surface area contributed by atoms with Crippen molar-refractivity contribution in [3.05, 3.63) is 29.8 Å². The quantitative estimate of drug-likeness (QED) is 0.594. The number of benzene rings is 1. The van der Waals surface area contributed by atoms with Gasteiger partial charge >= 0.3 is 5.97 Å². The van der Waals surface area contributed by atoms with Gasteiger partial charge in [-0.1, -0.05) is 32.9 Å². The average Bonchev–Trinajstić information content (AvgIpc) is 2.66. The summed E-state index contributed by atoms with van der Waals surface area (Å²) in [5.41, 5.74) is 1.05. The van der Waals surface area contributed by atoms with Crippen molar-refractivity contribution in [3.63, 3.8) is 0 Å². The van der Waals surface area contributed by atoms with Crippen molar-refractivity contribution in [2.45, 2.75) is 31.1 Å². The van der Waals surface area contributed by atoms with E-state index in [1.54, 1.807) is 12.1 Å². The summed E-state index contributed by atoms with van der Waals surface area (Å²) in [7, 11) is -2.28. The lowest BCUT2D eigenvalue weighted by atomic mass is 9.87. The Hall–Kier alpha value is -1.97. The van der Waals surface area contributed by atoms with E-state index in [0.29, 0.717) is 31.1 Å². The number of sulfonamides is 1. The largest absolute Gasteiger partial charge is 0.468 e. The number of quaternary nitrogens is 1. The summed E-state index contributed by atoms with van der Waals surface area (Å²) in [4.78, 5) is 24.2. The van der Waals surface area contributed by atoms with E-state index >= 15 is 0 Å². The third-order valence-corrected chi connectivity index (χ3v) is 6.77. The van der Waals surface area contributed by atoms with Crippen LogP contribution in [0.2, 0.25) is 0 Å². The van der Waals surface area contributed by atoms with Crippen LogP contribution in [0.4, 0.5) is 0 Å². The second-order valence-electron chi connectivity index (χ2n) is 7.96. The number of methoxy groups -OCH3 is 1. The SMILES string of the molecule is COC(=O)CNC(=O)C[NH+]1CCN(S(=O)(=O)c2ccc(C(C)(C)C)cc2)CC1. The monoisotopic (exact) mass is 412 g/mol. The molecule has 1 aliphatic heterocycles. The van der Waals surface area contributed by atoms with Crippen LogP contribution in [0.1, 0.15) is 26.3 Å². The van der Waals surface area contributed by atoms with Crippen molar-refractivity contribution >= 4 is 21.9 Å². The lowest BCUT2D eigenvalue weighted by Gasteiger charge is -2.31. The Labute approximate surface area is 166 Å². The summed E-state index contributed by atoms with van der Waals surface area (Å²) in [6, 6.07) is 7.05. The number of nitrogens with zero attached hydrogens (tertiary/aromatic N) is 1. The molecule has 1 aromatic rings. The van der Waals surface area contributed by atoms with Gasteiger partial charge in [0.15, 0.2) is 6.54 Å². The van der Waals surface area contributed by atoms with Gasteiger partial charge in [-0.3, -0.25) is 9.59 Å². The van der Waals surface area contributed by atoms with E-state index in [4.69, 9.17) is 0 Å². The maximum atomic E-state index is 12.9. The molecule has 1 saturated heterocycles. The molecule has 1 fully saturated rings. The minimum Gasteiger partial charge on any atom is -0.468 e. The first-order valence-electron chi connectivity index (χ1n) is 9.32. The Morgan fingerprint density at radius 2 is 1.71 bits per heavy atom. The standard InChI is InChI=1S/C19H29N3O5S/c1-19(2,3)15-5-7-16(8-6-15)28(25,26)22-11-9-21(10-12-22)14-17(23)20-13-18(24)27-4/h5-8H,9-14H2,1-4H3,(H,20,23)/p+1. The molecule has 0 atom stereocenters. The molecule has 0 radical (unpaired) electrons. The maximum Gasteiger partial charge on any atom is 0.325 e. The van der Waals surface area contributed by atoms with E-state index in [1.165, 1.54) is 11.4 Å². The summed E-state index contributed by atoms with van der Waals surface area (Å²) in [6.45, 7) is 8.06. The molecular formula is C19H30N3O5S+. The molecule has 9 heteroatoms. The van der Waals surface area contributed by atoms with Gasteiger partial charge < -0.3 is 15.0 Å². The molecule has 2 N–H and O–H groups in total. The highest BCUT2D eigenvalue weighted by molar-refractivity contribution is 7.89. The Bertz CT molecular complexity index is 792. The molecule has 0 saturated carbocycles.